The number of piperidine rings is 1. The molecule has 1 amide bonds. The van der Waals surface area contributed by atoms with Crippen LogP contribution in [-0.2, 0) is 4.74 Å². The van der Waals surface area contributed by atoms with Crippen molar-refractivity contribution in [3.63, 3.8) is 0 Å². The summed E-state index contributed by atoms with van der Waals surface area (Å²) in [5, 5.41) is 4.93. The van der Waals surface area contributed by atoms with E-state index in [0.717, 1.165) is 34.9 Å². The van der Waals surface area contributed by atoms with E-state index >= 15 is 0 Å². The topological polar surface area (TPSA) is 133 Å². The van der Waals surface area contributed by atoms with Gasteiger partial charge in [0.2, 0.25) is 11.8 Å². The van der Waals surface area contributed by atoms with Gasteiger partial charge in [-0.1, -0.05) is 24.3 Å². The first-order valence-corrected chi connectivity index (χ1v) is 17.3. The third-order valence-electron chi connectivity index (χ3n) is 8.37. The monoisotopic (exact) mass is 646 g/mol. The zero-order valence-electron chi connectivity index (χ0n) is 26.9. The number of anilines is 2. The molecule has 2 fully saturated rings. The predicted molar refractivity (Wildman–Crippen MR) is 183 cm³/mol. The van der Waals surface area contributed by atoms with Crippen molar-refractivity contribution < 1.29 is 23.4 Å². The third kappa shape index (κ3) is 6.55. The quantitative estimate of drug-likeness (QED) is 0.190. The van der Waals surface area contributed by atoms with Crippen LogP contribution in [0, 0.1) is 6.92 Å². The highest BCUT2D eigenvalue weighted by Crippen LogP contribution is 2.57. The smallest absolute Gasteiger partial charge is 0.410 e. The van der Waals surface area contributed by atoms with E-state index in [-0.39, 0.29) is 17.4 Å². The number of pyridine rings is 1. The zero-order valence-corrected chi connectivity index (χ0v) is 27.8. The summed E-state index contributed by atoms with van der Waals surface area (Å²) in [6.45, 7) is 11.2. The number of nitrogens with one attached hydrogen (secondary N) is 1. The Bertz CT molecular complexity index is 1750. The van der Waals surface area contributed by atoms with Crippen molar-refractivity contribution >= 4 is 39.3 Å². The summed E-state index contributed by atoms with van der Waals surface area (Å²) in [4.78, 5) is 28.3. The molecule has 0 bridgehead atoms. The maximum absolute atomic E-state index is 12.7. The first-order chi connectivity index (χ1) is 21.9. The molecule has 2 aliphatic heterocycles. The molecule has 2 aromatic carbocycles. The van der Waals surface area contributed by atoms with Crippen LogP contribution in [-0.4, -0.2) is 71.6 Å². The third-order valence-corrected chi connectivity index (χ3v) is 10.7. The number of hydrogen-bond acceptors (Lipinski definition) is 10. The summed E-state index contributed by atoms with van der Waals surface area (Å²) < 4.78 is 35.8. The van der Waals surface area contributed by atoms with Crippen LogP contribution >= 0.6 is 10.8 Å². The van der Waals surface area contributed by atoms with Crippen LogP contribution in [0.4, 0.5) is 16.4 Å². The molecule has 2 saturated heterocycles. The fourth-order valence-corrected chi connectivity index (χ4v) is 7.64. The number of amides is 1. The molecule has 4 aromatic rings. The number of carbonyl (C=O) groups is 1. The summed E-state index contributed by atoms with van der Waals surface area (Å²) in [6.07, 6.45) is 5.50. The van der Waals surface area contributed by atoms with Gasteiger partial charge in [-0.3, -0.25) is 13.4 Å². The Morgan fingerprint density at radius 2 is 1.83 bits per heavy atom. The van der Waals surface area contributed by atoms with Crippen molar-refractivity contribution in [2.75, 3.05) is 29.3 Å². The van der Waals surface area contributed by atoms with E-state index in [9.17, 15) is 13.9 Å². The van der Waals surface area contributed by atoms with Gasteiger partial charge in [0.15, 0.2) is 0 Å². The lowest BCUT2D eigenvalue weighted by molar-refractivity contribution is 0.0206. The Balaban J connectivity index is 1.26. The minimum atomic E-state index is -2.93. The van der Waals surface area contributed by atoms with E-state index in [1.54, 1.807) is 21.6 Å². The highest BCUT2D eigenvalue weighted by Gasteiger charge is 2.37. The highest BCUT2D eigenvalue weighted by molar-refractivity contribution is 8.26. The van der Waals surface area contributed by atoms with Crippen molar-refractivity contribution in [1.82, 2.24) is 19.9 Å². The van der Waals surface area contributed by atoms with E-state index in [2.05, 4.69) is 15.3 Å². The SMILES string of the molecule is Cc1ccc2c(N3CCC(C)S3(O)O)cccc2c1Oc1ncccc1-c1ccnc(N[C@H]2CCCN(C(=O)OC(C)(C)C)C2)n1. The Kier molecular flexibility index (Phi) is 8.70. The Hall–Kier alpha value is -4.13. The minimum absolute atomic E-state index is 0.0225. The van der Waals surface area contributed by atoms with E-state index in [0.29, 0.717) is 54.9 Å². The van der Waals surface area contributed by atoms with Gasteiger partial charge >= 0.3 is 6.09 Å². The molecule has 2 aromatic heterocycles. The van der Waals surface area contributed by atoms with Gasteiger partial charge in [0.25, 0.3) is 0 Å². The number of fused-ring (bicyclic) bond motifs is 1. The summed E-state index contributed by atoms with van der Waals surface area (Å²) >= 11 is 0. The Morgan fingerprint density at radius 1 is 1.00 bits per heavy atom. The van der Waals surface area contributed by atoms with E-state index < -0.39 is 16.4 Å². The molecule has 46 heavy (non-hydrogen) atoms. The van der Waals surface area contributed by atoms with Gasteiger partial charge in [0.05, 0.1) is 22.2 Å². The molecular formula is C34H42N6O5S. The maximum atomic E-state index is 12.7. The number of aromatic nitrogens is 3. The van der Waals surface area contributed by atoms with Crippen molar-refractivity contribution in [3.05, 3.63) is 66.5 Å². The minimum Gasteiger partial charge on any atom is -0.444 e. The summed E-state index contributed by atoms with van der Waals surface area (Å²) in [5.41, 5.74) is 2.47. The number of hydrogen-bond donors (Lipinski definition) is 3. The lowest BCUT2D eigenvalue weighted by atomic mass is 10.0. The fraction of sp³-hybridized carbons (Fsp3) is 0.412. The van der Waals surface area contributed by atoms with Gasteiger partial charge in [-0.25, -0.2) is 19.7 Å². The van der Waals surface area contributed by atoms with Crippen LogP contribution in [0.1, 0.15) is 52.5 Å². The van der Waals surface area contributed by atoms with Gasteiger partial charge in [0, 0.05) is 48.8 Å². The number of likely N-dealkylation sites (tertiary alicyclic amines) is 1. The van der Waals surface area contributed by atoms with Crippen molar-refractivity contribution in [2.45, 2.75) is 70.8 Å². The van der Waals surface area contributed by atoms with Gasteiger partial charge in [-0.05, 0) is 83.7 Å². The molecule has 0 saturated carbocycles. The second-order valence-electron chi connectivity index (χ2n) is 13.0. The molecule has 2 aliphatic rings. The van der Waals surface area contributed by atoms with Gasteiger partial charge in [-0.2, -0.15) is 0 Å². The standard InChI is InChI=1S/C34H42N6O5S/c1-22-13-14-25-26(10-6-12-29(25)40-20-16-23(2)46(40,42)43)30(22)44-31-27(11-7-17-35-31)28-15-18-36-32(38-28)37-24-9-8-19-39(21-24)33(41)45-34(3,4)5/h6-7,10-15,17-18,23-24,42-43H,8-9,16,19-21H2,1-5H3,(H,36,37,38)/t23?,24-/m0/s1. The summed E-state index contributed by atoms with van der Waals surface area (Å²) in [5.74, 6) is 1.48. The molecule has 244 valence electrons. The molecular weight excluding hydrogens is 604 g/mol. The van der Waals surface area contributed by atoms with Crippen molar-refractivity contribution in [2.24, 2.45) is 0 Å². The Labute approximate surface area is 271 Å². The lowest BCUT2D eigenvalue weighted by Crippen LogP contribution is -2.47. The average molecular weight is 647 g/mol. The highest BCUT2D eigenvalue weighted by atomic mass is 32.3. The fourth-order valence-electron chi connectivity index (χ4n) is 5.96. The molecule has 4 heterocycles. The first-order valence-electron chi connectivity index (χ1n) is 15.7. The number of nitrogens with zero attached hydrogens (tertiary/aromatic N) is 5. The van der Waals surface area contributed by atoms with Crippen molar-refractivity contribution in [1.29, 1.82) is 0 Å². The van der Waals surface area contributed by atoms with E-state index in [1.165, 1.54) is 0 Å². The molecule has 3 N–H and O–H groups in total. The van der Waals surface area contributed by atoms with E-state index in [1.807, 2.05) is 83.1 Å². The van der Waals surface area contributed by atoms with Crippen LogP contribution < -0.4 is 14.4 Å². The normalized spacial score (nSPS) is 20.4. The molecule has 0 spiro atoms. The van der Waals surface area contributed by atoms with Crippen LogP contribution in [0.15, 0.2) is 60.9 Å². The summed E-state index contributed by atoms with van der Waals surface area (Å²) in [6, 6.07) is 15.3. The van der Waals surface area contributed by atoms with E-state index in [4.69, 9.17) is 14.5 Å². The molecule has 6 rings (SSSR count). The zero-order chi connectivity index (χ0) is 32.6. The molecule has 12 heteroatoms. The number of ether oxygens (including phenoxy) is 2. The number of aryl methyl sites for hydroxylation is 1. The largest absolute Gasteiger partial charge is 0.444 e. The van der Waals surface area contributed by atoms with Crippen molar-refractivity contribution in [3.8, 4) is 22.9 Å². The molecule has 1 unspecified atom stereocenters. The average Bonchev–Trinajstić information content (AvgIpc) is 3.29. The number of carbonyl (C=O) groups excluding carboxylic acids is 1. The van der Waals surface area contributed by atoms with Crippen LogP contribution in [0.25, 0.3) is 22.0 Å². The second-order valence-corrected chi connectivity index (χ2v) is 15.3. The van der Waals surface area contributed by atoms with Gasteiger partial charge in [0.1, 0.15) is 11.4 Å². The number of benzene rings is 2. The van der Waals surface area contributed by atoms with Gasteiger partial charge in [-0.15, -0.1) is 10.8 Å². The van der Waals surface area contributed by atoms with Gasteiger partial charge < -0.3 is 19.7 Å². The van der Waals surface area contributed by atoms with Crippen LogP contribution in [0.3, 0.4) is 0 Å². The molecule has 0 radical (unpaired) electrons. The first kappa shape index (κ1) is 31.8. The molecule has 2 atom stereocenters. The molecule has 11 nitrogen and oxygen atoms in total. The Morgan fingerprint density at radius 3 is 2.59 bits per heavy atom. The predicted octanol–water partition coefficient (Wildman–Crippen LogP) is 7.87. The second kappa shape index (κ2) is 12.6. The molecule has 0 aliphatic carbocycles. The van der Waals surface area contributed by atoms with Crippen LogP contribution in [0.2, 0.25) is 0 Å². The lowest BCUT2D eigenvalue weighted by Gasteiger charge is -2.41. The number of rotatable bonds is 6. The maximum Gasteiger partial charge on any atom is 0.410 e. The summed E-state index contributed by atoms with van der Waals surface area (Å²) in [7, 11) is -2.93. The van der Waals surface area contributed by atoms with Crippen LogP contribution in [0.5, 0.6) is 11.6 Å².